The first-order chi connectivity index (χ1) is 5.74. The Morgan fingerprint density at radius 3 is 3.17 bits per heavy atom. The number of amides is 1. The van der Waals surface area contributed by atoms with Crippen molar-refractivity contribution in [1.82, 2.24) is 10.2 Å². The molecule has 1 aliphatic rings. The Bertz CT molecular complexity index is 179. The second kappa shape index (κ2) is 4.26. The molecule has 3 heteroatoms. The van der Waals surface area contributed by atoms with Crippen molar-refractivity contribution < 1.29 is 4.79 Å². The molecule has 1 rings (SSSR count). The molecule has 0 aliphatic carbocycles. The highest BCUT2D eigenvalue weighted by atomic mass is 16.2. The van der Waals surface area contributed by atoms with E-state index in [4.69, 9.17) is 0 Å². The number of hydrogen-bond acceptors (Lipinski definition) is 2. The number of piperazine rings is 1. The van der Waals surface area contributed by atoms with Gasteiger partial charge in [-0.1, -0.05) is 6.08 Å². The molecule has 1 fully saturated rings. The van der Waals surface area contributed by atoms with Gasteiger partial charge in [0.1, 0.15) is 0 Å². The van der Waals surface area contributed by atoms with Crippen LogP contribution < -0.4 is 5.32 Å². The molecule has 1 heterocycles. The average molecular weight is 168 g/mol. The summed E-state index contributed by atoms with van der Waals surface area (Å²) in [5.41, 5.74) is 0. The standard InChI is InChI=1S/C9H16N2O/c1-3-4-9(12)11-6-5-10-8(2)7-11/h3,8,10H,1,4-7H2,2H3. The van der Waals surface area contributed by atoms with Gasteiger partial charge in [-0.25, -0.2) is 0 Å². The quantitative estimate of drug-likeness (QED) is 0.605. The molecule has 1 amide bonds. The molecule has 0 aromatic rings. The minimum Gasteiger partial charge on any atom is -0.340 e. The van der Waals surface area contributed by atoms with Crippen LogP contribution in [-0.2, 0) is 4.79 Å². The summed E-state index contributed by atoms with van der Waals surface area (Å²) < 4.78 is 0. The summed E-state index contributed by atoms with van der Waals surface area (Å²) in [4.78, 5) is 13.3. The minimum absolute atomic E-state index is 0.193. The van der Waals surface area contributed by atoms with Crippen LogP contribution in [0, 0.1) is 0 Å². The molecular formula is C9H16N2O. The highest BCUT2D eigenvalue weighted by molar-refractivity contribution is 5.77. The molecule has 0 aromatic carbocycles. The minimum atomic E-state index is 0.193. The SMILES string of the molecule is C=CCC(=O)N1CCNC(C)C1. The van der Waals surface area contributed by atoms with Gasteiger partial charge in [0.05, 0.1) is 0 Å². The van der Waals surface area contributed by atoms with E-state index in [-0.39, 0.29) is 5.91 Å². The average Bonchev–Trinajstić information content (AvgIpc) is 2.05. The van der Waals surface area contributed by atoms with Gasteiger partial charge in [0, 0.05) is 32.1 Å². The lowest BCUT2D eigenvalue weighted by molar-refractivity contribution is -0.131. The van der Waals surface area contributed by atoms with E-state index < -0.39 is 0 Å². The maximum absolute atomic E-state index is 11.4. The van der Waals surface area contributed by atoms with Crippen molar-refractivity contribution in [1.29, 1.82) is 0 Å². The van der Waals surface area contributed by atoms with E-state index >= 15 is 0 Å². The van der Waals surface area contributed by atoms with Crippen molar-refractivity contribution >= 4 is 5.91 Å². The lowest BCUT2D eigenvalue weighted by Crippen LogP contribution is -2.51. The third kappa shape index (κ3) is 2.34. The number of nitrogens with one attached hydrogen (secondary N) is 1. The summed E-state index contributed by atoms with van der Waals surface area (Å²) >= 11 is 0. The summed E-state index contributed by atoms with van der Waals surface area (Å²) in [5, 5.41) is 3.29. The summed E-state index contributed by atoms with van der Waals surface area (Å²) in [7, 11) is 0. The summed E-state index contributed by atoms with van der Waals surface area (Å²) in [6.07, 6.45) is 2.13. The zero-order chi connectivity index (χ0) is 8.97. The summed E-state index contributed by atoms with van der Waals surface area (Å²) in [5.74, 6) is 0.193. The van der Waals surface area contributed by atoms with E-state index in [2.05, 4.69) is 18.8 Å². The third-order valence-electron chi connectivity index (χ3n) is 2.04. The molecular weight excluding hydrogens is 152 g/mol. The van der Waals surface area contributed by atoms with Crippen LogP contribution in [0.15, 0.2) is 12.7 Å². The van der Waals surface area contributed by atoms with E-state index in [9.17, 15) is 4.79 Å². The van der Waals surface area contributed by atoms with Crippen molar-refractivity contribution in [2.24, 2.45) is 0 Å². The maximum atomic E-state index is 11.4. The zero-order valence-corrected chi connectivity index (χ0v) is 7.55. The van der Waals surface area contributed by atoms with Crippen molar-refractivity contribution in [2.75, 3.05) is 19.6 Å². The van der Waals surface area contributed by atoms with Gasteiger partial charge in [-0.15, -0.1) is 6.58 Å². The fourth-order valence-corrected chi connectivity index (χ4v) is 1.41. The van der Waals surface area contributed by atoms with Gasteiger partial charge in [0.2, 0.25) is 5.91 Å². The summed E-state index contributed by atoms with van der Waals surface area (Å²) in [6, 6.07) is 0.424. The van der Waals surface area contributed by atoms with E-state index in [0.29, 0.717) is 12.5 Å². The predicted octanol–water partition coefficient (Wildman–Crippen LogP) is 0.383. The number of nitrogens with zero attached hydrogens (tertiary/aromatic N) is 1. The molecule has 0 aromatic heterocycles. The third-order valence-corrected chi connectivity index (χ3v) is 2.04. The number of hydrogen-bond donors (Lipinski definition) is 1. The fraction of sp³-hybridized carbons (Fsp3) is 0.667. The second-order valence-corrected chi connectivity index (χ2v) is 3.19. The van der Waals surface area contributed by atoms with Crippen molar-refractivity contribution in [3.8, 4) is 0 Å². The van der Waals surface area contributed by atoms with Crippen LogP contribution in [-0.4, -0.2) is 36.5 Å². The van der Waals surface area contributed by atoms with Gasteiger partial charge in [-0.3, -0.25) is 4.79 Å². The second-order valence-electron chi connectivity index (χ2n) is 3.19. The molecule has 0 radical (unpaired) electrons. The van der Waals surface area contributed by atoms with Crippen LogP contribution in [0.25, 0.3) is 0 Å². The molecule has 1 aliphatic heterocycles. The monoisotopic (exact) mass is 168 g/mol. The van der Waals surface area contributed by atoms with Crippen LogP contribution >= 0.6 is 0 Å². The fourth-order valence-electron chi connectivity index (χ4n) is 1.41. The molecule has 1 N–H and O–H groups in total. The Hall–Kier alpha value is -0.830. The van der Waals surface area contributed by atoms with Crippen molar-refractivity contribution in [3.63, 3.8) is 0 Å². The van der Waals surface area contributed by atoms with E-state index in [0.717, 1.165) is 19.6 Å². The normalized spacial score (nSPS) is 23.8. The Morgan fingerprint density at radius 2 is 2.58 bits per heavy atom. The molecule has 1 unspecified atom stereocenters. The predicted molar refractivity (Wildman–Crippen MR) is 48.9 cm³/mol. The van der Waals surface area contributed by atoms with Gasteiger partial charge < -0.3 is 10.2 Å². The van der Waals surface area contributed by atoms with Crippen molar-refractivity contribution in [3.05, 3.63) is 12.7 Å². The number of rotatable bonds is 2. The maximum Gasteiger partial charge on any atom is 0.226 e. The first-order valence-corrected chi connectivity index (χ1v) is 4.36. The molecule has 1 saturated heterocycles. The Kier molecular flexibility index (Phi) is 3.29. The van der Waals surface area contributed by atoms with E-state index in [1.54, 1.807) is 6.08 Å². The lowest BCUT2D eigenvalue weighted by Gasteiger charge is -2.31. The largest absolute Gasteiger partial charge is 0.340 e. The Labute approximate surface area is 73.4 Å². The van der Waals surface area contributed by atoms with Gasteiger partial charge >= 0.3 is 0 Å². The lowest BCUT2D eigenvalue weighted by atomic mass is 10.2. The van der Waals surface area contributed by atoms with E-state index in [1.165, 1.54) is 0 Å². The van der Waals surface area contributed by atoms with Crippen LogP contribution in [0.3, 0.4) is 0 Å². The van der Waals surface area contributed by atoms with Crippen LogP contribution in [0.1, 0.15) is 13.3 Å². The van der Waals surface area contributed by atoms with Crippen LogP contribution in [0.5, 0.6) is 0 Å². The smallest absolute Gasteiger partial charge is 0.226 e. The molecule has 0 spiro atoms. The molecule has 0 saturated carbocycles. The van der Waals surface area contributed by atoms with Crippen LogP contribution in [0.2, 0.25) is 0 Å². The number of carbonyl (C=O) groups is 1. The zero-order valence-electron chi connectivity index (χ0n) is 7.55. The topological polar surface area (TPSA) is 32.3 Å². The molecule has 68 valence electrons. The van der Waals surface area contributed by atoms with Gasteiger partial charge in [0.25, 0.3) is 0 Å². The first kappa shape index (κ1) is 9.26. The Balaban J connectivity index is 2.39. The molecule has 3 nitrogen and oxygen atoms in total. The van der Waals surface area contributed by atoms with Crippen LogP contribution in [0.4, 0.5) is 0 Å². The molecule has 12 heavy (non-hydrogen) atoms. The molecule has 1 atom stereocenters. The van der Waals surface area contributed by atoms with Gasteiger partial charge in [-0.05, 0) is 6.92 Å². The summed E-state index contributed by atoms with van der Waals surface area (Å²) in [6.45, 7) is 8.21. The molecule has 0 bridgehead atoms. The highest BCUT2D eigenvalue weighted by Crippen LogP contribution is 2.01. The van der Waals surface area contributed by atoms with Crippen molar-refractivity contribution in [2.45, 2.75) is 19.4 Å². The first-order valence-electron chi connectivity index (χ1n) is 4.36. The van der Waals surface area contributed by atoms with E-state index in [1.807, 2.05) is 4.90 Å². The van der Waals surface area contributed by atoms with Gasteiger partial charge in [-0.2, -0.15) is 0 Å². The number of carbonyl (C=O) groups excluding carboxylic acids is 1. The Morgan fingerprint density at radius 1 is 1.83 bits per heavy atom. The highest BCUT2D eigenvalue weighted by Gasteiger charge is 2.18. The van der Waals surface area contributed by atoms with Gasteiger partial charge in [0.15, 0.2) is 0 Å².